The molecule has 1 amide bonds. The number of hydrogen-bond acceptors (Lipinski definition) is 3. The highest BCUT2D eigenvalue weighted by atomic mass is 35.5. The summed E-state index contributed by atoms with van der Waals surface area (Å²) in [4.78, 5) is 12.7. The van der Waals surface area contributed by atoms with Crippen LogP contribution in [0.4, 0.5) is 0 Å². The average molecular weight is 348 g/mol. The van der Waals surface area contributed by atoms with Crippen molar-refractivity contribution in [1.29, 1.82) is 0 Å². The Morgan fingerprint density at radius 1 is 1.33 bits per heavy atom. The van der Waals surface area contributed by atoms with Crippen LogP contribution in [0.15, 0.2) is 34.7 Å². The molecule has 0 radical (unpaired) electrons. The fourth-order valence-corrected chi connectivity index (χ4v) is 3.35. The number of rotatable bonds is 5. The van der Waals surface area contributed by atoms with Crippen LogP contribution in [0.1, 0.15) is 42.4 Å². The molecule has 2 aromatic rings. The minimum Gasteiger partial charge on any atom is -0.466 e. The highest BCUT2D eigenvalue weighted by Gasteiger charge is 2.51. The van der Waals surface area contributed by atoms with Crippen molar-refractivity contribution in [2.45, 2.75) is 44.6 Å². The van der Waals surface area contributed by atoms with Gasteiger partial charge in [-0.3, -0.25) is 4.79 Å². The number of carbonyl (C=O) groups is 1. The molecule has 0 saturated heterocycles. The first kappa shape index (κ1) is 17.1. The summed E-state index contributed by atoms with van der Waals surface area (Å²) in [6.07, 6.45) is 1.62. The van der Waals surface area contributed by atoms with Crippen LogP contribution < -0.4 is 5.32 Å². The molecule has 1 fully saturated rings. The largest absolute Gasteiger partial charge is 0.466 e. The SMILES string of the molecule is Cc1cc(C(C)(O)CNC(=O)C2(c3ccc(Cl)cc3)CC2)c(C)o1. The van der Waals surface area contributed by atoms with Gasteiger partial charge in [-0.15, -0.1) is 0 Å². The van der Waals surface area contributed by atoms with Gasteiger partial charge in [-0.25, -0.2) is 0 Å². The molecule has 3 rings (SSSR count). The molecule has 1 heterocycles. The number of halogens is 1. The molecule has 128 valence electrons. The summed E-state index contributed by atoms with van der Waals surface area (Å²) >= 11 is 5.92. The van der Waals surface area contributed by atoms with Gasteiger partial charge >= 0.3 is 0 Å². The van der Waals surface area contributed by atoms with E-state index in [4.69, 9.17) is 16.0 Å². The fraction of sp³-hybridized carbons (Fsp3) is 0.421. The van der Waals surface area contributed by atoms with Crippen molar-refractivity contribution in [3.8, 4) is 0 Å². The summed E-state index contributed by atoms with van der Waals surface area (Å²) in [5.74, 6) is 1.36. The molecule has 5 heteroatoms. The molecule has 1 saturated carbocycles. The smallest absolute Gasteiger partial charge is 0.230 e. The highest BCUT2D eigenvalue weighted by Crippen LogP contribution is 2.48. The van der Waals surface area contributed by atoms with Gasteiger partial charge in [-0.2, -0.15) is 0 Å². The molecule has 1 aliphatic rings. The predicted molar refractivity (Wildman–Crippen MR) is 93.1 cm³/mol. The maximum atomic E-state index is 12.7. The third-order valence-electron chi connectivity index (χ3n) is 4.80. The summed E-state index contributed by atoms with van der Waals surface area (Å²) in [5, 5.41) is 14.3. The fourth-order valence-electron chi connectivity index (χ4n) is 3.22. The molecule has 24 heavy (non-hydrogen) atoms. The van der Waals surface area contributed by atoms with Gasteiger partial charge in [0.1, 0.15) is 17.1 Å². The number of hydrogen-bond donors (Lipinski definition) is 2. The molecule has 1 aromatic carbocycles. The van der Waals surface area contributed by atoms with Crippen molar-refractivity contribution in [3.63, 3.8) is 0 Å². The lowest BCUT2D eigenvalue weighted by Crippen LogP contribution is -2.43. The number of nitrogens with one attached hydrogen (secondary N) is 1. The van der Waals surface area contributed by atoms with Crippen LogP contribution in [-0.2, 0) is 15.8 Å². The minimum absolute atomic E-state index is 0.0528. The highest BCUT2D eigenvalue weighted by molar-refractivity contribution is 6.30. The Bertz CT molecular complexity index is 757. The normalized spacial score (nSPS) is 18.0. The maximum absolute atomic E-state index is 12.7. The second-order valence-electron chi connectivity index (χ2n) is 6.87. The van der Waals surface area contributed by atoms with E-state index >= 15 is 0 Å². The van der Waals surface area contributed by atoms with E-state index in [1.165, 1.54) is 0 Å². The first-order chi connectivity index (χ1) is 11.2. The molecule has 0 aliphatic heterocycles. The number of aliphatic hydroxyl groups is 1. The molecule has 4 nitrogen and oxygen atoms in total. The zero-order chi connectivity index (χ0) is 17.5. The van der Waals surface area contributed by atoms with Crippen molar-refractivity contribution in [1.82, 2.24) is 5.32 Å². The minimum atomic E-state index is -1.17. The van der Waals surface area contributed by atoms with Gasteiger partial charge in [0.15, 0.2) is 0 Å². The summed E-state index contributed by atoms with van der Waals surface area (Å²) in [5.41, 5.74) is 0.0197. The summed E-state index contributed by atoms with van der Waals surface area (Å²) in [6, 6.07) is 9.22. The average Bonchev–Trinajstić information content (AvgIpc) is 3.25. The number of furan rings is 1. The van der Waals surface area contributed by atoms with Crippen molar-refractivity contribution in [2.24, 2.45) is 0 Å². The van der Waals surface area contributed by atoms with E-state index in [2.05, 4.69) is 5.32 Å². The number of amides is 1. The molecule has 1 aliphatic carbocycles. The summed E-state index contributed by atoms with van der Waals surface area (Å²) in [6.45, 7) is 5.48. The molecule has 0 spiro atoms. The lowest BCUT2D eigenvalue weighted by Gasteiger charge is -2.25. The predicted octanol–water partition coefficient (Wildman–Crippen LogP) is 3.61. The van der Waals surface area contributed by atoms with E-state index in [9.17, 15) is 9.90 Å². The standard InChI is InChI=1S/C19H22ClNO3/c1-12-10-16(13(2)24-12)18(3,23)11-21-17(22)19(8-9-19)14-4-6-15(20)7-5-14/h4-7,10,23H,8-9,11H2,1-3H3,(H,21,22). The van der Waals surface area contributed by atoms with Gasteiger partial charge in [0.25, 0.3) is 0 Å². The van der Waals surface area contributed by atoms with E-state index < -0.39 is 11.0 Å². The Labute approximate surface area is 146 Å². The lowest BCUT2D eigenvalue weighted by atomic mass is 9.93. The van der Waals surface area contributed by atoms with Gasteiger partial charge in [-0.1, -0.05) is 23.7 Å². The van der Waals surface area contributed by atoms with Crippen LogP contribution in [0.5, 0.6) is 0 Å². The van der Waals surface area contributed by atoms with Crippen LogP contribution in [0, 0.1) is 13.8 Å². The molecule has 1 atom stereocenters. The van der Waals surface area contributed by atoms with E-state index in [0.29, 0.717) is 16.3 Å². The molecule has 1 unspecified atom stereocenters. The van der Waals surface area contributed by atoms with E-state index in [0.717, 1.165) is 24.2 Å². The second kappa shape index (κ2) is 5.94. The molecule has 2 N–H and O–H groups in total. The van der Waals surface area contributed by atoms with E-state index in [1.807, 2.05) is 32.0 Å². The van der Waals surface area contributed by atoms with Gasteiger partial charge in [0, 0.05) is 10.6 Å². The molecule has 1 aromatic heterocycles. The Balaban J connectivity index is 1.71. The Hall–Kier alpha value is -1.78. The number of benzene rings is 1. The number of aryl methyl sites for hydroxylation is 2. The van der Waals surface area contributed by atoms with Crippen LogP contribution >= 0.6 is 11.6 Å². The summed E-state index contributed by atoms with van der Waals surface area (Å²) < 4.78 is 5.48. The van der Waals surface area contributed by atoms with Crippen molar-refractivity contribution >= 4 is 17.5 Å². The van der Waals surface area contributed by atoms with Gasteiger partial charge in [-0.05, 0) is 57.4 Å². The Kier molecular flexibility index (Phi) is 4.22. The van der Waals surface area contributed by atoms with Gasteiger partial charge < -0.3 is 14.8 Å². The lowest BCUT2D eigenvalue weighted by molar-refractivity contribution is -0.124. The maximum Gasteiger partial charge on any atom is 0.230 e. The quantitative estimate of drug-likeness (QED) is 0.868. The van der Waals surface area contributed by atoms with Gasteiger partial charge in [0.2, 0.25) is 5.91 Å². The molecular formula is C19H22ClNO3. The van der Waals surface area contributed by atoms with Crippen LogP contribution in [0.2, 0.25) is 5.02 Å². The van der Waals surface area contributed by atoms with Crippen molar-refractivity contribution in [3.05, 3.63) is 58.0 Å². The summed E-state index contributed by atoms with van der Waals surface area (Å²) in [7, 11) is 0. The van der Waals surface area contributed by atoms with E-state index in [1.54, 1.807) is 19.1 Å². The van der Waals surface area contributed by atoms with Crippen LogP contribution in [0.3, 0.4) is 0 Å². The van der Waals surface area contributed by atoms with Crippen LogP contribution in [0.25, 0.3) is 0 Å². The number of carbonyl (C=O) groups excluding carboxylic acids is 1. The topological polar surface area (TPSA) is 62.5 Å². The molecule has 0 bridgehead atoms. The van der Waals surface area contributed by atoms with Crippen LogP contribution in [-0.4, -0.2) is 17.6 Å². The van der Waals surface area contributed by atoms with Crippen molar-refractivity contribution < 1.29 is 14.3 Å². The van der Waals surface area contributed by atoms with E-state index in [-0.39, 0.29) is 12.5 Å². The molecular weight excluding hydrogens is 326 g/mol. The Morgan fingerprint density at radius 3 is 2.46 bits per heavy atom. The first-order valence-corrected chi connectivity index (χ1v) is 8.47. The van der Waals surface area contributed by atoms with Crippen molar-refractivity contribution in [2.75, 3.05) is 6.54 Å². The monoisotopic (exact) mass is 347 g/mol. The van der Waals surface area contributed by atoms with Gasteiger partial charge in [0.05, 0.1) is 12.0 Å². The zero-order valence-corrected chi connectivity index (χ0v) is 14.9. The second-order valence-corrected chi connectivity index (χ2v) is 7.31. The third kappa shape index (κ3) is 3.08. The Morgan fingerprint density at radius 2 is 1.96 bits per heavy atom. The third-order valence-corrected chi connectivity index (χ3v) is 5.05. The first-order valence-electron chi connectivity index (χ1n) is 8.09. The zero-order valence-electron chi connectivity index (χ0n) is 14.1.